The zero-order valence-corrected chi connectivity index (χ0v) is 13.5. The molecule has 7 heteroatoms. The number of rotatable bonds is 4. The molecule has 2 saturated heterocycles. The summed E-state index contributed by atoms with van der Waals surface area (Å²) in [7, 11) is 1.28. The molecule has 2 aliphatic heterocycles. The van der Waals surface area contributed by atoms with E-state index >= 15 is 0 Å². The van der Waals surface area contributed by atoms with Gasteiger partial charge in [-0.1, -0.05) is 0 Å². The summed E-state index contributed by atoms with van der Waals surface area (Å²) in [6.07, 6.45) is 3.54. The smallest absolute Gasteiger partial charge is 0.407 e. The maximum absolute atomic E-state index is 12.0. The fourth-order valence-electron chi connectivity index (χ4n) is 3.09. The lowest BCUT2D eigenvalue weighted by atomic mass is 9.99. The minimum atomic E-state index is -0.586. The van der Waals surface area contributed by atoms with E-state index in [-0.39, 0.29) is 11.9 Å². The SMILES string of the molecule is COC(=O)N[C@@H](C)C(=O)NC1CCN(C2CCOCC2)CC1. The minimum Gasteiger partial charge on any atom is -0.453 e. The molecule has 2 fully saturated rings. The lowest BCUT2D eigenvalue weighted by Crippen LogP contribution is -2.52. The number of amides is 2. The van der Waals surface area contributed by atoms with Gasteiger partial charge in [0.2, 0.25) is 5.91 Å². The summed E-state index contributed by atoms with van der Waals surface area (Å²) < 4.78 is 9.90. The summed E-state index contributed by atoms with van der Waals surface area (Å²) >= 11 is 0. The van der Waals surface area contributed by atoms with E-state index < -0.39 is 12.1 Å². The van der Waals surface area contributed by atoms with Crippen LogP contribution in [0.25, 0.3) is 0 Å². The molecule has 2 rings (SSSR count). The first-order chi connectivity index (χ1) is 10.6. The normalized spacial score (nSPS) is 22.8. The first kappa shape index (κ1) is 17.0. The highest BCUT2D eigenvalue weighted by atomic mass is 16.5. The molecule has 0 radical (unpaired) electrons. The lowest BCUT2D eigenvalue weighted by molar-refractivity contribution is -0.123. The Morgan fingerprint density at radius 2 is 1.82 bits per heavy atom. The van der Waals surface area contributed by atoms with E-state index in [4.69, 9.17) is 4.74 Å². The van der Waals surface area contributed by atoms with Gasteiger partial charge in [0.05, 0.1) is 7.11 Å². The van der Waals surface area contributed by atoms with Crippen molar-refractivity contribution >= 4 is 12.0 Å². The number of carbonyl (C=O) groups excluding carboxylic acids is 2. The van der Waals surface area contributed by atoms with Gasteiger partial charge in [0.25, 0.3) is 0 Å². The zero-order valence-electron chi connectivity index (χ0n) is 13.5. The highest BCUT2D eigenvalue weighted by Gasteiger charge is 2.28. The Morgan fingerprint density at radius 1 is 1.18 bits per heavy atom. The van der Waals surface area contributed by atoms with Crippen molar-refractivity contribution in [2.45, 2.75) is 50.7 Å². The average molecular weight is 313 g/mol. The number of hydrogen-bond acceptors (Lipinski definition) is 5. The van der Waals surface area contributed by atoms with Gasteiger partial charge in [0.1, 0.15) is 6.04 Å². The van der Waals surface area contributed by atoms with Crippen LogP contribution < -0.4 is 10.6 Å². The summed E-state index contributed by atoms with van der Waals surface area (Å²) in [6, 6.07) is 0.233. The van der Waals surface area contributed by atoms with Gasteiger partial charge in [-0.05, 0) is 32.6 Å². The second-order valence-corrected chi connectivity index (χ2v) is 6.02. The van der Waals surface area contributed by atoms with Crippen molar-refractivity contribution in [3.63, 3.8) is 0 Å². The quantitative estimate of drug-likeness (QED) is 0.790. The first-order valence-corrected chi connectivity index (χ1v) is 8.06. The molecular weight excluding hydrogens is 286 g/mol. The van der Waals surface area contributed by atoms with E-state index in [9.17, 15) is 9.59 Å². The number of nitrogens with one attached hydrogen (secondary N) is 2. The highest BCUT2D eigenvalue weighted by Crippen LogP contribution is 2.19. The summed E-state index contributed by atoms with van der Waals surface area (Å²) in [5.74, 6) is -0.157. The van der Waals surface area contributed by atoms with E-state index in [1.165, 1.54) is 7.11 Å². The van der Waals surface area contributed by atoms with Gasteiger partial charge in [-0.2, -0.15) is 0 Å². The molecule has 0 aliphatic carbocycles. The summed E-state index contributed by atoms with van der Waals surface area (Å²) in [6.45, 7) is 5.39. The summed E-state index contributed by atoms with van der Waals surface area (Å²) in [5.41, 5.74) is 0. The fourth-order valence-corrected chi connectivity index (χ4v) is 3.09. The van der Waals surface area contributed by atoms with Crippen LogP contribution in [0.15, 0.2) is 0 Å². The van der Waals surface area contributed by atoms with Crippen LogP contribution in [0.3, 0.4) is 0 Å². The molecule has 2 N–H and O–H groups in total. The molecule has 7 nitrogen and oxygen atoms in total. The van der Waals surface area contributed by atoms with Crippen LogP contribution in [0.4, 0.5) is 4.79 Å². The molecule has 0 bridgehead atoms. The van der Waals surface area contributed by atoms with Gasteiger partial charge in [0.15, 0.2) is 0 Å². The van der Waals surface area contributed by atoms with Crippen LogP contribution in [0.2, 0.25) is 0 Å². The number of carbonyl (C=O) groups is 2. The summed E-state index contributed by atoms with van der Waals surface area (Å²) in [5, 5.41) is 5.49. The number of hydrogen-bond donors (Lipinski definition) is 2. The van der Waals surface area contributed by atoms with Crippen LogP contribution in [-0.4, -0.2) is 68.4 Å². The van der Waals surface area contributed by atoms with E-state index in [1.54, 1.807) is 6.92 Å². The van der Waals surface area contributed by atoms with Crippen LogP contribution in [0.1, 0.15) is 32.6 Å². The van der Waals surface area contributed by atoms with E-state index in [0.29, 0.717) is 6.04 Å². The van der Waals surface area contributed by atoms with E-state index in [2.05, 4.69) is 20.3 Å². The molecule has 2 aliphatic rings. The van der Waals surface area contributed by atoms with E-state index in [0.717, 1.165) is 52.0 Å². The van der Waals surface area contributed by atoms with Crippen LogP contribution in [0, 0.1) is 0 Å². The van der Waals surface area contributed by atoms with Gasteiger partial charge in [-0.15, -0.1) is 0 Å². The van der Waals surface area contributed by atoms with Crippen molar-refractivity contribution in [3.05, 3.63) is 0 Å². The monoisotopic (exact) mass is 313 g/mol. The van der Waals surface area contributed by atoms with Crippen molar-refractivity contribution < 1.29 is 19.1 Å². The number of likely N-dealkylation sites (tertiary alicyclic amines) is 1. The van der Waals surface area contributed by atoms with Gasteiger partial charge in [0, 0.05) is 38.4 Å². The van der Waals surface area contributed by atoms with E-state index in [1.807, 2.05) is 0 Å². The second kappa shape index (κ2) is 8.33. The second-order valence-electron chi connectivity index (χ2n) is 6.02. The third-order valence-corrected chi connectivity index (χ3v) is 4.50. The topological polar surface area (TPSA) is 79.9 Å². The standard InChI is InChI=1S/C15H27N3O4/c1-11(16-15(20)21-2)14(19)17-12-3-7-18(8-4-12)13-5-9-22-10-6-13/h11-13H,3-10H2,1-2H3,(H,16,20)(H,17,19)/t11-/m0/s1. The molecule has 2 amide bonds. The average Bonchev–Trinajstić information content (AvgIpc) is 2.56. The van der Waals surface area contributed by atoms with Crippen molar-refractivity contribution in [1.29, 1.82) is 0 Å². The Morgan fingerprint density at radius 3 is 2.41 bits per heavy atom. The third kappa shape index (κ3) is 4.84. The van der Waals surface area contributed by atoms with Crippen LogP contribution in [-0.2, 0) is 14.3 Å². The predicted octanol–water partition coefficient (Wildman–Crippen LogP) is 0.491. The molecule has 1 atom stereocenters. The molecule has 0 spiro atoms. The van der Waals surface area contributed by atoms with Gasteiger partial charge >= 0.3 is 6.09 Å². The Hall–Kier alpha value is -1.34. The largest absolute Gasteiger partial charge is 0.453 e. The molecular formula is C15H27N3O4. The van der Waals surface area contributed by atoms with Gasteiger partial charge in [-0.3, -0.25) is 4.79 Å². The zero-order chi connectivity index (χ0) is 15.9. The molecule has 0 aromatic heterocycles. The minimum absolute atomic E-state index is 0.157. The van der Waals surface area contributed by atoms with Gasteiger partial charge < -0.3 is 25.0 Å². The number of piperidine rings is 1. The number of nitrogens with zero attached hydrogens (tertiary/aromatic N) is 1. The Kier molecular flexibility index (Phi) is 6.45. The predicted molar refractivity (Wildman–Crippen MR) is 81.6 cm³/mol. The molecule has 0 unspecified atom stereocenters. The first-order valence-electron chi connectivity index (χ1n) is 8.06. The molecule has 22 heavy (non-hydrogen) atoms. The molecule has 0 aromatic rings. The Balaban J connectivity index is 1.70. The van der Waals surface area contributed by atoms with Crippen molar-refractivity contribution in [3.8, 4) is 0 Å². The lowest BCUT2D eigenvalue weighted by Gasteiger charge is -2.39. The number of ether oxygens (including phenoxy) is 2. The number of methoxy groups -OCH3 is 1. The Labute approximate surface area is 131 Å². The molecule has 0 saturated carbocycles. The van der Waals surface area contributed by atoms with Crippen molar-refractivity contribution in [2.75, 3.05) is 33.4 Å². The van der Waals surface area contributed by atoms with Crippen molar-refractivity contribution in [1.82, 2.24) is 15.5 Å². The summed E-state index contributed by atoms with van der Waals surface area (Å²) in [4.78, 5) is 25.7. The maximum Gasteiger partial charge on any atom is 0.407 e. The fraction of sp³-hybridized carbons (Fsp3) is 0.867. The third-order valence-electron chi connectivity index (χ3n) is 4.50. The molecule has 126 valence electrons. The Bertz CT molecular complexity index is 377. The number of alkyl carbamates (subject to hydrolysis) is 1. The van der Waals surface area contributed by atoms with Crippen molar-refractivity contribution in [2.24, 2.45) is 0 Å². The van der Waals surface area contributed by atoms with Gasteiger partial charge in [-0.25, -0.2) is 4.79 Å². The highest BCUT2D eigenvalue weighted by molar-refractivity contribution is 5.85. The van der Waals surface area contributed by atoms with Crippen LogP contribution >= 0.6 is 0 Å². The molecule has 2 heterocycles. The maximum atomic E-state index is 12.0. The molecule has 0 aromatic carbocycles. The van der Waals surface area contributed by atoms with Crippen LogP contribution in [0.5, 0.6) is 0 Å².